The third-order valence-electron chi connectivity index (χ3n) is 3.41. The molecule has 0 saturated heterocycles. The van der Waals surface area contributed by atoms with Crippen molar-refractivity contribution in [3.05, 3.63) is 29.3 Å². The van der Waals surface area contributed by atoms with Gasteiger partial charge in [0.05, 0.1) is 19.1 Å². The first kappa shape index (κ1) is 12.6. The standard InChI is InChI=1S/C14H16O4/c1-18-14(17)7-12(9-2-3-9)10-4-5-13(16)11(6-10)8-15/h4-6,8-9,12,16H,2-3,7H2,1H3. The lowest BCUT2D eigenvalue weighted by molar-refractivity contribution is -0.141. The molecule has 1 aliphatic carbocycles. The van der Waals surface area contributed by atoms with Crippen molar-refractivity contribution in [3.8, 4) is 5.75 Å². The fourth-order valence-corrected chi connectivity index (χ4v) is 2.22. The first-order valence-electron chi connectivity index (χ1n) is 6.00. The van der Waals surface area contributed by atoms with Crippen LogP contribution in [0.25, 0.3) is 0 Å². The molecule has 1 atom stereocenters. The molecule has 0 radical (unpaired) electrons. The van der Waals surface area contributed by atoms with Gasteiger partial charge >= 0.3 is 5.97 Å². The minimum atomic E-state index is -0.243. The van der Waals surface area contributed by atoms with E-state index in [9.17, 15) is 14.7 Å². The summed E-state index contributed by atoms with van der Waals surface area (Å²) < 4.78 is 4.70. The van der Waals surface area contributed by atoms with Crippen molar-refractivity contribution in [3.63, 3.8) is 0 Å². The molecule has 1 unspecified atom stereocenters. The van der Waals surface area contributed by atoms with E-state index in [1.54, 1.807) is 12.1 Å². The van der Waals surface area contributed by atoms with Gasteiger partial charge in [0.2, 0.25) is 0 Å². The number of ether oxygens (including phenoxy) is 1. The fraction of sp³-hybridized carbons (Fsp3) is 0.429. The van der Waals surface area contributed by atoms with Gasteiger partial charge < -0.3 is 9.84 Å². The number of phenolic OH excluding ortho intramolecular Hbond substituents is 1. The van der Waals surface area contributed by atoms with Gasteiger partial charge in [-0.2, -0.15) is 0 Å². The molecule has 1 aliphatic rings. The summed E-state index contributed by atoms with van der Waals surface area (Å²) in [6.07, 6.45) is 3.14. The predicted molar refractivity (Wildman–Crippen MR) is 65.6 cm³/mol. The lowest BCUT2D eigenvalue weighted by Gasteiger charge is -2.16. The number of aromatic hydroxyl groups is 1. The molecule has 4 nitrogen and oxygen atoms in total. The minimum absolute atomic E-state index is 0.0265. The van der Waals surface area contributed by atoms with Crippen LogP contribution < -0.4 is 0 Å². The second kappa shape index (κ2) is 5.21. The van der Waals surface area contributed by atoms with E-state index in [0.29, 0.717) is 18.6 Å². The Morgan fingerprint density at radius 1 is 1.56 bits per heavy atom. The summed E-state index contributed by atoms with van der Waals surface area (Å²) in [5.74, 6) is 0.291. The SMILES string of the molecule is COC(=O)CC(c1ccc(O)c(C=O)c1)C1CC1. The highest BCUT2D eigenvalue weighted by atomic mass is 16.5. The number of rotatable bonds is 5. The van der Waals surface area contributed by atoms with Crippen LogP contribution in [0, 0.1) is 5.92 Å². The smallest absolute Gasteiger partial charge is 0.306 e. The van der Waals surface area contributed by atoms with E-state index in [4.69, 9.17) is 4.74 Å². The molecule has 0 amide bonds. The maximum Gasteiger partial charge on any atom is 0.306 e. The summed E-state index contributed by atoms with van der Waals surface area (Å²) in [7, 11) is 1.37. The van der Waals surface area contributed by atoms with Crippen LogP contribution in [-0.4, -0.2) is 24.5 Å². The normalized spacial score (nSPS) is 16.1. The van der Waals surface area contributed by atoms with Crippen LogP contribution in [0.4, 0.5) is 0 Å². The van der Waals surface area contributed by atoms with Gasteiger partial charge in [0, 0.05) is 0 Å². The molecule has 96 valence electrons. The van der Waals surface area contributed by atoms with Gasteiger partial charge in [0.1, 0.15) is 5.75 Å². The van der Waals surface area contributed by atoms with E-state index < -0.39 is 0 Å². The quantitative estimate of drug-likeness (QED) is 0.641. The number of hydrogen-bond donors (Lipinski definition) is 1. The monoisotopic (exact) mass is 248 g/mol. The van der Waals surface area contributed by atoms with Crippen LogP contribution in [0.1, 0.15) is 41.1 Å². The van der Waals surface area contributed by atoms with Crippen LogP contribution in [0.15, 0.2) is 18.2 Å². The van der Waals surface area contributed by atoms with Crippen molar-refractivity contribution in [2.75, 3.05) is 7.11 Å². The number of aldehydes is 1. The molecular formula is C14H16O4. The van der Waals surface area contributed by atoms with Crippen molar-refractivity contribution in [1.82, 2.24) is 0 Å². The lowest BCUT2D eigenvalue weighted by Crippen LogP contribution is -2.10. The highest BCUT2D eigenvalue weighted by Gasteiger charge is 2.34. The van der Waals surface area contributed by atoms with Gasteiger partial charge in [-0.05, 0) is 42.4 Å². The number of carbonyl (C=O) groups is 2. The predicted octanol–water partition coefficient (Wildman–Crippen LogP) is 2.26. The maximum atomic E-state index is 11.4. The maximum absolute atomic E-state index is 11.4. The highest BCUT2D eigenvalue weighted by molar-refractivity contribution is 5.79. The molecule has 1 N–H and O–H groups in total. The molecule has 0 aromatic heterocycles. The summed E-state index contributed by atoms with van der Waals surface area (Å²) in [6.45, 7) is 0. The van der Waals surface area contributed by atoms with Crippen LogP contribution in [0.5, 0.6) is 5.75 Å². The number of esters is 1. The first-order valence-corrected chi connectivity index (χ1v) is 6.00. The summed E-state index contributed by atoms with van der Waals surface area (Å²) in [6, 6.07) is 4.94. The fourth-order valence-electron chi connectivity index (χ4n) is 2.22. The van der Waals surface area contributed by atoms with Crippen LogP contribution in [-0.2, 0) is 9.53 Å². The Morgan fingerprint density at radius 3 is 2.83 bits per heavy atom. The summed E-state index contributed by atoms with van der Waals surface area (Å²) >= 11 is 0. The topological polar surface area (TPSA) is 63.6 Å². The molecule has 1 saturated carbocycles. The molecule has 2 rings (SSSR count). The Labute approximate surface area is 106 Å². The zero-order valence-corrected chi connectivity index (χ0v) is 10.3. The summed E-state index contributed by atoms with van der Waals surface area (Å²) in [5, 5.41) is 9.48. The number of benzene rings is 1. The first-order chi connectivity index (χ1) is 8.65. The molecule has 4 heteroatoms. The second-order valence-corrected chi connectivity index (χ2v) is 4.66. The molecule has 1 fully saturated rings. The van der Waals surface area contributed by atoms with E-state index in [0.717, 1.165) is 18.4 Å². The molecule has 0 spiro atoms. The minimum Gasteiger partial charge on any atom is -0.507 e. The van der Waals surface area contributed by atoms with Gasteiger partial charge in [-0.15, -0.1) is 0 Å². The Hall–Kier alpha value is -1.84. The van der Waals surface area contributed by atoms with Crippen LogP contribution >= 0.6 is 0 Å². The Morgan fingerprint density at radius 2 is 2.28 bits per heavy atom. The van der Waals surface area contributed by atoms with E-state index in [1.165, 1.54) is 13.2 Å². The number of hydrogen-bond acceptors (Lipinski definition) is 4. The Kier molecular flexibility index (Phi) is 3.65. The van der Waals surface area contributed by atoms with Crippen molar-refractivity contribution in [2.24, 2.45) is 5.92 Å². The van der Waals surface area contributed by atoms with Gasteiger partial charge in [-0.25, -0.2) is 0 Å². The van der Waals surface area contributed by atoms with Crippen molar-refractivity contribution in [1.29, 1.82) is 0 Å². The molecule has 1 aromatic carbocycles. The van der Waals surface area contributed by atoms with Crippen LogP contribution in [0.2, 0.25) is 0 Å². The molecule has 0 bridgehead atoms. The number of carbonyl (C=O) groups excluding carboxylic acids is 2. The van der Waals surface area contributed by atoms with E-state index in [-0.39, 0.29) is 23.2 Å². The van der Waals surface area contributed by atoms with Gasteiger partial charge in [-0.1, -0.05) is 6.07 Å². The Balaban J connectivity index is 2.25. The van der Waals surface area contributed by atoms with Crippen molar-refractivity contribution in [2.45, 2.75) is 25.2 Å². The lowest BCUT2D eigenvalue weighted by atomic mass is 9.90. The molecular weight excluding hydrogens is 232 g/mol. The molecule has 18 heavy (non-hydrogen) atoms. The average molecular weight is 248 g/mol. The third kappa shape index (κ3) is 2.70. The van der Waals surface area contributed by atoms with Gasteiger partial charge in [0.15, 0.2) is 6.29 Å². The van der Waals surface area contributed by atoms with E-state index in [1.807, 2.05) is 0 Å². The zero-order chi connectivity index (χ0) is 13.1. The summed E-state index contributed by atoms with van der Waals surface area (Å²) in [4.78, 5) is 22.2. The molecule has 0 heterocycles. The number of methoxy groups -OCH3 is 1. The van der Waals surface area contributed by atoms with E-state index in [2.05, 4.69) is 0 Å². The van der Waals surface area contributed by atoms with Crippen LogP contribution in [0.3, 0.4) is 0 Å². The largest absolute Gasteiger partial charge is 0.507 e. The third-order valence-corrected chi connectivity index (χ3v) is 3.41. The highest BCUT2D eigenvalue weighted by Crippen LogP contribution is 2.45. The van der Waals surface area contributed by atoms with Crippen molar-refractivity contribution >= 4 is 12.3 Å². The zero-order valence-electron chi connectivity index (χ0n) is 10.3. The van der Waals surface area contributed by atoms with Gasteiger partial charge in [0.25, 0.3) is 0 Å². The average Bonchev–Trinajstić information content (AvgIpc) is 3.20. The van der Waals surface area contributed by atoms with E-state index >= 15 is 0 Å². The molecule has 1 aromatic rings. The summed E-state index contributed by atoms with van der Waals surface area (Å²) in [5.41, 5.74) is 1.19. The Bertz CT molecular complexity index is 463. The number of phenols is 1. The second-order valence-electron chi connectivity index (χ2n) is 4.66. The van der Waals surface area contributed by atoms with Crippen molar-refractivity contribution < 1.29 is 19.4 Å². The van der Waals surface area contributed by atoms with Gasteiger partial charge in [-0.3, -0.25) is 9.59 Å². The molecule has 0 aliphatic heterocycles.